The molecule has 6 aromatic rings. The summed E-state index contributed by atoms with van der Waals surface area (Å²) in [6, 6.07) is 20.5. The molecule has 0 spiro atoms. The van der Waals surface area contributed by atoms with Crippen LogP contribution in [-0.2, 0) is 9.53 Å². The average Bonchev–Trinajstić information content (AvgIpc) is 4.20. The predicted octanol–water partition coefficient (Wildman–Crippen LogP) is 6.80. The lowest BCUT2D eigenvalue weighted by Crippen LogP contribution is -2.37. The number of amides is 5. The number of nitrogens with two attached hydrogens (primary N) is 2. The molecule has 9 N–H and O–H groups in total. The van der Waals surface area contributed by atoms with Crippen molar-refractivity contribution in [2.45, 2.75) is 84.2 Å². The molecule has 2 atom stereocenters. The number of aldehydes is 1. The molecule has 0 saturated carbocycles. The topological polar surface area (TPSA) is 289 Å². The monoisotopic (exact) mass is 1040 g/mol. The minimum Gasteiger partial charge on any atom is -0.444 e. The maximum atomic E-state index is 12.9. The van der Waals surface area contributed by atoms with Gasteiger partial charge in [-0.3, -0.25) is 28.9 Å². The number of rotatable bonds is 12. The number of alkyl halides is 3. The van der Waals surface area contributed by atoms with Crippen LogP contribution in [0.5, 0.6) is 0 Å². The maximum Gasteiger partial charge on any atom is 0.446 e. The van der Waals surface area contributed by atoms with Crippen molar-refractivity contribution >= 4 is 47.6 Å². The molecule has 6 heterocycles. The molecule has 21 nitrogen and oxygen atoms in total. The Labute approximate surface area is 430 Å². The van der Waals surface area contributed by atoms with E-state index >= 15 is 0 Å². The van der Waals surface area contributed by atoms with Crippen molar-refractivity contribution in [3.63, 3.8) is 0 Å². The van der Waals surface area contributed by atoms with Crippen molar-refractivity contribution in [3.05, 3.63) is 130 Å². The number of halogens is 3. The highest BCUT2D eigenvalue weighted by molar-refractivity contribution is 6.05. The Morgan fingerprint density at radius 1 is 0.707 bits per heavy atom. The molecule has 0 bridgehead atoms. The van der Waals surface area contributed by atoms with E-state index in [0.717, 1.165) is 42.8 Å². The van der Waals surface area contributed by atoms with E-state index in [4.69, 9.17) is 31.0 Å². The third-order valence-electron chi connectivity index (χ3n) is 11.6. The first-order chi connectivity index (χ1) is 35.5. The summed E-state index contributed by atoms with van der Waals surface area (Å²) >= 11 is 0. The molecule has 2 fully saturated rings. The van der Waals surface area contributed by atoms with E-state index < -0.39 is 42.0 Å². The van der Waals surface area contributed by atoms with E-state index in [0.29, 0.717) is 64.1 Å². The van der Waals surface area contributed by atoms with Crippen molar-refractivity contribution in [2.75, 3.05) is 48.7 Å². The summed E-state index contributed by atoms with van der Waals surface area (Å²) in [6.45, 7) is 10.7. The largest absolute Gasteiger partial charge is 0.446 e. The number of aryl methyl sites for hydroxylation is 2. The lowest BCUT2D eigenvalue weighted by molar-refractivity contribution is -0.156. The van der Waals surface area contributed by atoms with Crippen LogP contribution < -0.4 is 38.3 Å². The molecule has 2 aliphatic heterocycles. The molecule has 0 unspecified atom stereocenters. The second kappa shape index (κ2) is 23.9. The zero-order chi connectivity index (χ0) is 54.8. The van der Waals surface area contributed by atoms with Crippen LogP contribution in [0.4, 0.5) is 29.6 Å². The molecule has 2 aliphatic rings. The number of nitrogens with one attached hydrogen (secondary N) is 5. The van der Waals surface area contributed by atoms with Crippen LogP contribution in [0.1, 0.15) is 123 Å². The van der Waals surface area contributed by atoms with Crippen molar-refractivity contribution in [3.8, 4) is 22.5 Å². The van der Waals surface area contributed by atoms with Crippen LogP contribution in [0.15, 0.2) is 85.2 Å². The summed E-state index contributed by atoms with van der Waals surface area (Å²) in [5.74, 6) is 0.311. The standard InChI is InChI=1S/C27H33N7O4.C22H25N7O2.C2HF3O/c1-16-12-13-30-20(15-16)31-25(36)18-10-8-17(9-11-18)21-22(23(28)35)34(29-5)24(32-21)19-7-6-14-33(19)26(37)38-27(2,3)4;1-13-9-11-26-17(12-13)27-22(31)15-7-5-14(6-8-15)18-19(20(23)30)29(24-2)21(28-18)16-4-3-10-25-16;3-2(4,5)1-6/h8-13,15,19,29H,6-7,14H2,1-5H3,(H2,28,35)(H,30,31,36);5-9,11-12,16,24-25H,3-4,10H2,1-2H3,(H2,23,30)(H,26,27,31);1H/t19-;16-;/m00./s1. The number of anilines is 2. The van der Waals surface area contributed by atoms with E-state index in [-0.39, 0.29) is 29.2 Å². The van der Waals surface area contributed by atoms with Crippen LogP contribution in [0.25, 0.3) is 22.5 Å². The van der Waals surface area contributed by atoms with Crippen molar-refractivity contribution in [2.24, 2.45) is 11.5 Å². The van der Waals surface area contributed by atoms with Crippen LogP contribution in [0.2, 0.25) is 0 Å². The second-order valence-electron chi connectivity index (χ2n) is 18.3. The highest BCUT2D eigenvalue weighted by Crippen LogP contribution is 2.36. The summed E-state index contributed by atoms with van der Waals surface area (Å²) in [5.41, 5.74) is 22.3. The fourth-order valence-electron chi connectivity index (χ4n) is 8.27. The van der Waals surface area contributed by atoms with E-state index in [1.807, 2.05) is 46.8 Å². The Morgan fingerprint density at radius 3 is 1.55 bits per heavy atom. The first-order valence-corrected chi connectivity index (χ1v) is 23.7. The van der Waals surface area contributed by atoms with Crippen LogP contribution in [-0.4, -0.2) is 109 Å². The summed E-state index contributed by atoms with van der Waals surface area (Å²) in [6.07, 6.45) is 0.532. The molecule has 2 aromatic carbocycles. The fourth-order valence-corrected chi connectivity index (χ4v) is 8.27. The number of carbonyl (C=O) groups excluding carboxylic acids is 6. The molecule has 24 heteroatoms. The zero-order valence-corrected chi connectivity index (χ0v) is 42.3. The van der Waals surface area contributed by atoms with Gasteiger partial charge in [0.2, 0.25) is 6.29 Å². The molecule has 5 amide bonds. The average molecular weight is 1040 g/mol. The van der Waals surface area contributed by atoms with Gasteiger partial charge in [-0.05, 0) is 127 Å². The number of imidazole rings is 2. The lowest BCUT2D eigenvalue weighted by atomic mass is 10.1. The number of aromatic nitrogens is 6. The quantitative estimate of drug-likeness (QED) is 0.0621. The van der Waals surface area contributed by atoms with Crippen molar-refractivity contribution in [1.82, 2.24) is 39.5 Å². The van der Waals surface area contributed by atoms with Crippen molar-refractivity contribution in [1.29, 1.82) is 0 Å². The Kier molecular flexibility index (Phi) is 17.7. The molecule has 396 valence electrons. The molecule has 0 aliphatic carbocycles. The fraction of sp³-hybridized carbons (Fsp3) is 0.333. The molecule has 4 aromatic heterocycles. The van der Waals surface area contributed by atoms with E-state index in [1.165, 1.54) is 4.68 Å². The number of nitrogens with zero attached hydrogens (tertiary/aromatic N) is 7. The lowest BCUT2D eigenvalue weighted by Gasteiger charge is -2.28. The SMILES string of the molecule is CNn1c([C@@H]2CCCN2)nc(-c2ccc(C(=O)Nc3cc(C)ccn3)cc2)c1C(N)=O.CNn1c([C@@H]2CCCN2C(=O)OC(C)(C)C)nc(-c2ccc(C(=O)Nc3cc(C)ccn3)cc2)c1C(N)=O.O=CC(F)(F)F. The van der Waals surface area contributed by atoms with E-state index in [2.05, 4.69) is 36.8 Å². The number of likely N-dealkylation sites (tertiary alicyclic amines) is 1. The van der Waals surface area contributed by atoms with E-state index in [1.54, 1.807) is 96.7 Å². The molecule has 75 heavy (non-hydrogen) atoms. The summed E-state index contributed by atoms with van der Waals surface area (Å²) in [4.78, 5) is 91.1. The number of ether oxygens (including phenoxy) is 1. The number of hydrogen-bond acceptors (Lipinski definition) is 14. The minimum atomic E-state index is -4.64. The van der Waals surface area contributed by atoms with Gasteiger partial charge >= 0.3 is 12.3 Å². The van der Waals surface area contributed by atoms with Crippen LogP contribution >= 0.6 is 0 Å². The zero-order valence-electron chi connectivity index (χ0n) is 42.3. The highest BCUT2D eigenvalue weighted by Gasteiger charge is 2.38. The third kappa shape index (κ3) is 14.1. The normalized spacial score (nSPS) is 15.1. The summed E-state index contributed by atoms with van der Waals surface area (Å²) in [5, 5.41) is 8.96. The molecular weight excluding hydrogens is 978 g/mol. The van der Waals surface area contributed by atoms with E-state index in [9.17, 15) is 37.1 Å². The first-order valence-electron chi connectivity index (χ1n) is 23.7. The van der Waals surface area contributed by atoms with Crippen LogP contribution in [0, 0.1) is 13.8 Å². The highest BCUT2D eigenvalue weighted by atomic mass is 19.4. The smallest absolute Gasteiger partial charge is 0.444 e. The molecule has 8 rings (SSSR count). The number of carbonyl (C=O) groups is 6. The van der Waals surface area contributed by atoms with Gasteiger partial charge in [0.15, 0.2) is 17.2 Å². The summed E-state index contributed by atoms with van der Waals surface area (Å²) < 4.78 is 40.0. The Balaban J connectivity index is 0.000000223. The van der Waals surface area contributed by atoms with Gasteiger partial charge in [0.05, 0.1) is 12.1 Å². The van der Waals surface area contributed by atoms with Crippen LogP contribution in [0.3, 0.4) is 0 Å². The second-order valence-corrected chi connectivity index (χ2v) is 18.3. The van der Waals surface area contributed by atoms with Gasteiger partial charge in [-0.15, -0.1) is 0 Å². The van der Waals surface area contributed by atoms with Crippen molar-refractivity contribution < 1.29 is 46.7 Å². The Hall–Kier alpha value is -8.67. The number of hydrogen-bond donors (Lipinski definition) is 7. The molecular formula is C51H59F3N14O7. The number of benzene rings is 2. The number of pyridine rings is 2. The number of primary amides is 2. The molecule has 0 radical (unpaired) electrons. The minimum absolute atomic E-state index is 0.0474. The van der Waals surface area contributed by atoms with Gasteiger partial charge in [0.25, 0.3) is 23.6 Å². The van der Waals surface area contributed by atoms with Gasteiger partial charge in [-0.25, -0.2) is 34.1 Å². The van der Waals surface area contributed by atoms with Gasteiger partial charge in [0, 0.05) is 55.3 Å². The van der Waals surface area contributed by atoms with Gasteiger partial charge < -0.3 is 43.0 Å². The molecule has 2 saturated heterocycles. The first kappa shape index (κ1) is 55.6. The maximum absolute atomic E-state index is 12.9. The third-order valence-corrected chi connectivity index (χ3v) is 11.6. The van der Waals surface area contributed by atoms with Gasteiger partial charge in [0.1, 0.15) is 34.4 Å². The van der Waals surface area contributed by atoms with Gasteiger partial charge in [-0.1, -0.05) is 24.3 Å². The van der Waals surface area contributed by atoms with Gasteiger partial charge in [-0.2, -0.15) is 13.2 Å². The predicted molar refractivity (Wildman–Crippen MR) is 274 cm³/mol. The Morgan fingerprint density at radius 2 is 1.16 bits per heavy atom. The Bertz CT molecular complexity index is 3040. The summed E-state index contributed by atoms with van der Waals surface area (Å²) in [7, 11) is 3.38.